The zero-order valence-corrected chi connectivity index (χ0v) is 12.3. The highest BCUT2D eigenvalue weighted by atomic mass is 35.5. The molecule has 0 radical (unpaired) electrons. The third-order valence-electron chi connectivity index (χ3n) is 3.87. The molecule has 4 heteroatoms. The highest BCUT2D eigenvalue weighted by Gasteiger charge is 2.27. The molecule has 1 N–H and O–H groups in total. The van der Waals surface area contributed by atoms with Gasteiger partial charge in [0, 0.05) is 12.4 Å². The largest absolute Gasteiger partial charge is 0.351 e. The highest BCUT2D eigenvalue weighted by molar-refractivity contribution is 7.12. The van der Waals surface area contributed by atoms with Crippen molar-refractivity contribution in [2.75, 3.05) is 12.4 Å². The van der Waals surface area contributed by atoms with Crippen LogP contribution in [-0.4, -0.2) is 18.3 Å². The molecule has 1 aliphatic carbocycles. The van der Waals surface area contributed by atoms with Crippen LogP contribution >= 0.6 is 22.9 Å². The van der Waals surface area contributed by atoms with E-state index in [1.54, 1.807) is 0 Å². The molecule has 1 amide bonds. The van der Waals surface area contributed by atoms with Crippen LogP contribution in [-0.2, 0) is 6.42 Å². The van der Waals surface area contributed by atoms with Crippen molar-refractivity contribution in [3.63, 3.8) is 0 Å². The lowest BCUT2D eigenvalue weighted by Crippen LogP contribution is -2.31. The molecular weight excluding hydrogens is 266 g/mol. The number of hydrogen-bond acceptors (Lipinski definition) is 2. The van der Waals surface area contributed by atoms with Crippen molar-refractivity contribution < 1.29 is 4.79 Å². The number of alkyl halides is 1. The van der Waals surface area contributed by atoms with Gasteiger partial charge in [-0.05, 0) is 48.1 Å². The molecule has 2 nitrogen and oxygen atoms in total. The first-order valence-corrected chi connectivity index (χ1v) is 8.08. The van der Waals surface area contributed by atoms with E-state index in [1.165, 1.54) is 30.6 Å². The zero-order valence-electron chi connectivity index (χ0n) is 10.7. The van der Waals surface area contributed by atoms with Crippen LogP contribution in [0.3, 0.4) is 0 Å². The summed E-state index contributed by atoms with van der Waals surface area (Å²) in [5, 5.41) is 5.07. The van der Waals surface area contributed by atoms with Crippen molar-refractivity contribution in [2.24, 2.45) is 11.8 Å². The Bertz CT molecular complexity index is 404. The number of carbonyl (C=O) groups is 1. The predicted molar refractivity (Wildman–Crippen MR) is 77.6 cm³/mol. The van der Waals surface area contributed by atoms with Gasteiger partial charge in [-0.3, -0.25) is 4.79 Å². The van der Waals surface area contributed by atoms with Gasteiger partial charge >= 0.3 is 0 Å². The average molecular weight is 286 g/mol. The molecule has 0 saturated heterocycles. The lowest BCUT2D eigenvalue weighted by molar-refractivity contribution is 0.0948. The molecule has 0 spiro atoms. The van der Waals surface area contributed by atoms with Crippen LogP contribution in [0, 0.1) is 11.8 Å². The van der Waals surface area contributed by atoms with Crippen molar-refractivity contribution in [3.8, 4) is 0 Å². The SMILES string of the molecule is CCc1ccsc1C(=O)NCC1CCCC1CCl. The summed E-state index contributed by atoms with van der Waals surface area (Å²) >= 11 is 7.49. The van der Waals surface area contributed by atoms with Crippen LogP contribution in [0.25, 0.3) is 0 Å². The number of hydrogen-bond donors (Lipinski definition) is 1. The summed E-state index contributed by atoms with van der Waals surface area (Å²) in [5.74, 6) is 1.96. The predicted octanol–water partition coefficient (Wildman–Crippen LogP) is 3.70. The number of nitrogens with one attached hydrogen (secondary N) is 1. The first kappa shape index (κ1) is 13.9. The van der Waals surface area contributed by atoms with Crippen molar-refractivity contribution in [1.82, 2.24) is 5.32 Å². The molecule has 1 heterocycles. The van der Waals surface area contributed by atoms with E-state index in [1.807, 2.05) is 11.4 Å². The monoisotopic (exact) mass is 285 g/mol. The summed E-state index contributed by atoms with van der Waals surface area (Å²) in [4.78, 5) is 13.0. The molecule has 0 bridgehead atoms. The van der Waals surface area contributed by atoms with E-state index in [2.05, 4.69) is 12.2 Å². The first-order valence-electron chi connectivity index (χ1n) is 6.66. The van der Waals surface area contributed by atoms with Crippen LogP contribution in [0.1, 0.15) is 41.4 Å². The first-order chi connectivity index (χ1) is 8.76. The normalized spacial score (nSPS) is 23.2. The molecule has 0 aromatic carbocycles. The van der Waals surface area contributed by atoms with Crippen molar-refractivity contribution in [2.45, 2.75) is 32.6 Å². The molecular formula is C14H20ClNOS. The van der Waals surface area contributed by atoms with Gasteiger partial charge < -0.3 is 5.32 Å². The van der Waals surface area contributed by atoms with Crippen molar-refractivity contribution in [1.29, 1.82) is 0 Å². The summed E-state index contributed by atoms with van der Waals surface area (Å²) < 4.78 is 0. The molecule has 2 rings (SSSR count). The fourth-order valence-corrected chi connectivity index (χ4v) is 4.02. The van der Waals surface area contributed by atoms with Gasteiger partial charge in [-0.1, -0.05) is 13.3 Å². The van der Waals surface area contributed by atoms with E-state index in [-0.39, 0.29) is 5.91 Å². The van der Waals surface area contributed by atoms with E-state index in [4.69, 9.17) is 11.6 Å². The van der Waals surface area contributed by atoms with Gasteiger partial charge in [0.15, 0.2) is 0 Å². The molecule has 18 heavy (non-hydrogen) atoms. The molecule has 2 atom stereocenters. The lowest BCUT2D eigenvalue weighted by Gasteiger charge is -2.17. The summed E-state index contributed by atoms with van der Waals surface area (Å²) in [5.41, 5.74) is 1.15. The smallest absolute Gasteiger partial charge is 0.261 e. The molecule has 1 aliphatic rings. The molecule has 0 aliphatic heterocycles. The number of carbonyl (C=O) groups excluding carboxylic acids is 1. The Morgan fingerprint density at radius 3 is 3.00 bits per heavy atom. The van der Waals surface area contributed by atoms with E-state index < -0.39 is 0 Å². The summed E-state index contributed by atoms with van der Waals surface area (Å²) in [7, 11) is 0. The van der Waals surface area contributed by atoms with Gasteiger partial charge in [0.1, 0.15) is 0 Å². The summed E-state index contributed by atoms with van der Waals surface area (Å²) in [6.45, 7) is 2.86. The second-order valence-electron chi connectivity index (χ2n) is 4.94. The molecule has 100 valence electrons. The topological polar surface area (TPSA) is 29.1 Å². The zero-order chi connectivity index (χ0) is 13.0. The third kappa shape index (κ3) is 3.07. The van der Waals surface area contributed by atoms with E-state index in [0.717, 1.165) is 29.3 Å². The van der Waals surface area contributed by atoms with Crippen LogP contribution in [0.4, 0.5) is 0 Å². The van der Waals surface area contributed by atoms with E-state index >= 15 is 0 Å². The van der Waals surface area contributed by atoms with Crippen molar-refractivity contribution in [3.05, 3.63) is 21.9 Å². The van der Waals surface area contributed by atoms with Crippen LogP contribution in [0.15, 0.2) is 11.4 Å². The maximum Gasteiger partial charge on any atom is 0.261 e. The Kier molecular flexibility index (Phi) is 5.07. The Hall–Kier alpha value is -0.540. The number of halogens is 1. The van der Waals surface area contributed by atoms with Gasteiger partial charge in [0.05, 0.1) is 4.88 Å². The molecule has 1 fully saturated rings. The Morgan fingerprint density at radius 2 is 2.28 bits per heavy atom. The summed E-state index contributed by atoms with van der Waals surface area (Å²) in [6, 6.07) is 2.04. The number of amides is 1. The minimum Gasteiger partial charge on any atom is -0.351 e. The molecule has 2 unspecified atom stereocenters. The number of aryl methyl sites for hydroxylation is 1. The van der Waals surface area contributed by atoms with Crippen LogP contribution in [0.5, 0.6) is 0 Å². The number of rotatable bonds is 5. The Balaban J connectivity index is 1.88. The maximum atomic E-state index is 12.1. The number of thiophene rings is 1. The summed E-state index contributed by atoms with van der Waals surface area (Å²) in [6.07, 6.45) is 4.57. The Morgan fingerprint density at radius 1 is 1.50 bits per heavy atom. The third-order valence-corrected chi connectivity index (χ3v) is 5.23. The average Bonchev–Trinajstić information content (AvgIpc) is 3.03. The highest BCUT2D eigenvalue weighted by Crippen LogP contribution is 2.32. The van der Waals surface area contributed by atoms with Gasteiger partial charge in [-0.15, -0.1) is 22.9 Å². The van der Waals surface area contributed by atoms with Gasteiger partial charge in [0.25, 0.3) is 5.91 Å². The Labute approximate surface area is 118 Å². The van der Waals surface area contributed by atoms with E-state index in [9.17, 15) is 4.79 Å². The molecule has 1 aromatic rings. The lowest BCUT2D eigenvalue weighted by atomic mass is 9.98. The standard InChI is InChI=1S/C14H20ClNOS/c1-2-10-6-7-18-13(10)14(17)16-9-12-5-3-4-11(12)8-15/h6-7,11-12H,2-5,8-9H2,1H3,(H,16,17). The van der Waals surface area contributed by atoms with Gasteiger partial charge in [-0.2, -0.15) is 0 Å². The quantitative estimate of drug-likeness (QED) is 0.821. The maximum absolute atomic E-state index is 12.1. The minimum atomic E-state index is 0.0853. The van der Waals surface area contributed by atoms with Crippen molar-refractivity contribution >= 4 is 28.8 Å². The second kappa shape index (κ2) is 6.58. The molecule has 1 aromatic heterocycles. The van der Waals surface area contributed by atoms with Gasteiger partial charge in [-0.25, -0.2) is 0 Å². The van der Waals surface area contributed by atoms with Crippen LogP contribution < -0.4 is 5.32 Å². The van der Waals surface area contributed by atoms with E-state index in [0.29, 0.717) is 11.8 Å². The fourth-order valence-electron chi connectivity index (χ4n) is 2.70. The fraction of sp³-hybridized carbons (Fsp3) is 0.643. The van der Waals surface area contributed by atoms with Gasteiger partial charge in [0.2, 0.25) is 0 Å². The second-order valence-corrected chi connectivity index (χ2v) is 6.17. The molecule has 1 saturated carbocycles. The van der Waals surface area contributed by atoms with Crippen LogP contribution in [0.2, 0.25) is 0 Å². The minimum absolute atomic E-state index is 0.0853.